The predicted octanol–water partition coefficient (Wildman–Crippen LogP) is 3.83. The lowest BCUT2D eigenvalue weighted by molar-refractivity contribution is -0.192. The summed E-state index contributed by atoms with van der Waals surface area (Å²) >= 11 is 0. The summed E-state index contributed by atoms with van der Waals surface area (Å²) in [6, 6.07) is 12.9. The third-order valence-corrected chi connectivity index (χ3v) is 4.12. The Morgan fingerprint density at radius 2 is 1.76 bits per heavy atom. The fourth-order valence-electron chi connectivity index (χ4n) is 2.86. The highest BCUT2D eigenvalue weighted by Crippen LogP contribution is 2.34. The van der Waals surface area contributed by atoms with Gasteiger partial charge >= 0.3 is 12.1 Å². The fraction of sp³-hybridized carbons (Fsp3) is 0.556. The number of hydrogen-bond acceptors (Lipinski definition) is 3. The molecule has 1 aromatic carbocycles. The summed E-state index contributed by atoms with van der Waals surface area (Å²) in [7, 11) is 0. The van der Waals surface area contributed by atoms with Gasteiger partial charge in [0.2, 0.25) is 0 Å². The largest absolute Gasteiger partial charge is 0.490 e. The molecule has 1 heterocycles. The molecule has 0 bridgehead atoms. The molecule has 0 radical (unpaired) electrons. The molecule has 1 aliphatic heterocycles. The number of nitrogens with zero attached hydrogens (tertiary/aromatic N) is 2. The van der Waals surface area contributed by atoms with Gasteiger partial charge in [-0.05, 0) is 37.4 Å². The Hall–Kier alpha value is -2.07. The van der Waals surface area contributed by atoms with Crippen molar-refractivity contribution in [2.75, 3.05) is 19.6 Å². The normalized spacial score (nSPS) is 17.3. The maximum Gasteiger partial charge on any atom is 0.490 e. The van der Waals surface area contributed by atoms with Gasteiger partial charge in [-0.15, -0.1) is 0 Å². The Morgan fingerprint density at radius 1 is 1.28 bits per heavy atom. The second-order valence-electron chi connectivity index (χ2n) is 6.56. The Balaban J connectivity index is 0.000000381. The van der Waals surface area contributed by atoms with Gasteiger partial charge in [0.05, 0.1) is 11.5 Å². The maximum absolute atomic E-state index is 10.6. The smallest absolute Gasteiger partial charge is 0.475 e. The molecule has 0 atom stereocenters. The quantitative estimate of drug-likeness (QED) is 0.894. The van der Waals surface area contributed by atoms with Gasteiger partial charge in [-0.25, -0.2) is 4.79 Å². The van der Waals surface area contributed by atoms with Crippen molar-refractivity contribution in [1.82, 2.24) is 4.90 Å². The van der Waals surface area contributed by atoms with Crippen molar-refractivity contribution < 1.29 is 23.1 Å². The summed E-state index contributed by atoms with van der Waals surface area (Å²) in [4.78, 5) is 11.4. The van der Waals surface area contributed by atoms with E-state index in [-0.39, 0.29) is 5.41 Å². The summed E-state index contributed by atoms with van der Waals surface area (Å²) in [6.07, 6.45) is -3.17. The van der Waals surface area contributed by atoms with Crippen LogP contribution in [-0.4, -0.2) is 41.8 Å². The van der Waals surface area contributed by atoms with E-state index < -0.39 is 12.1 Å². The number of likely N-dealkylation sites (tertiary alicyclic amines) is 1. The molecule has 4 nitrogen and oxygen atoms in total. The van der Waals surface area contributed by atoms with Gasteiger partial charge in [0.25, 0.3) is 0 Å². The minimum absolute atomic E-state index is 0.255. The van der Waals surface area contributed by atoms with Crippen LogP contribution in [0.5, 0.6) is 0 Å². The van der Waals surface area contributed by atoms with Crippen molar-refractivity contribution in [3.05, 3.63) is 35.9 Å². The average Bonchev–Trinajstić information content (AvgIpc) is 2.56. The van der Waals surface area contributed by atoms with E-state index in [1.54, 1.807) is 0 Å². The summed E-state index contributed by atoms with van der Waals surface area (Å²) in [5.74, 6) is -2.05. The molecular formula is C18H23F3N2O2. The zero-order valence-corrected chi connectivity index (χ0v) is 14.4. The lowest BCUT2D eigenvalue weighted by atomic mass is 9.74. The molecule has 0 aliphatic carbocycles. The number of piperidine rings is 1. The van der Waals surface area contributed by atoms with E-state index in [9.17, 15) is 18.4 Å². The molecule has 0 amide bonds. The van der Waals surface area contributed by atoms with E-state index >= 15 is 0 Å². The molecule has 1 aromatic rings. The van der Waals surface area contributed by atoms with E-state index in [4.69, 9.17) is 9.90 Å². The molecule has 0 spiro atoms. The first-order valence-electron chi connectivity index (χ1n) is 8.10. The van der Waals surface area contributed by atoms with Gasteiger partial charge in [0.1, 0.15) is 0 Å². The van der Waals surface area contributed by atoms with Gasteiger partial charge in [-0.3, -0.25) is 0 Å². The van der Waals surface area contributed by atoms with Crippen molar-refractivity contribution in [1.29, 1.82) is 5.26 Å². The predicted molar refractivity (Wildman–Crippen MR) is 87.9 cm³/mol. The molecule has 1 N–H and O–H groups in total. The van der Waals surface area contributed by atoms with Crippen molar-refractivity contribution in [2.45, 2.75) is 38.3 Å². The number of carboxylic acid groups (broad SMARTS) is 1. The first kappa shape index (κ1) is 21.0. The van der Waals surface area contributed by atoms with Gasteiger partial charge in [0.15, 0.2) is 0 Å². The highest BCUT2D eigenvalue weighted by molar-refractivity contribution is 5.73. The molecule has 25 heavy (non-hydrogen) atoms. The number of aliphatic carboxylic acids is 1. The van der Waals surface area contributed by atoms with Crippen LogP contribution in [0.15, 0.2) is 30.3 Å². The zero-order valence-electron chi connectivity index (χ0n) is 14.4. The topological polar surface area (TPSA) is 64.3 Å². The van der Waals surface area contributed by atoms with E-state index in [1.165, 1.54) is 5.56 Å². The monoisotopic (exact) mass is 356 g/mol. The van der Waals surface area contributed by atoms with Crippen LogP contribution >= 0.6 is 0 Å². The van der Waals surface area contributed by atoms with Gasteiger partial charge in [-0.1, -0.05) is 44.2 Å². The Labute approximate surface area is 145 Å². The van der Waals surface area contributed by atoms with Crippen molar-refractivity contribution in [3.63, 3.8) is 0 Å². The molecular weight excluding hydrogens is 333 g/mol. The van der Waals surface area contributed by atoms with E-state index in [0.717, 1.165) is 32.5 Å². The minimum atomic E-state index is -5.08. The highest BCUT2D eigenvalue weighted by atomic mass is 19.4. The van der Waals surface area contributed by atoms with Gasteiger partial charge in [-0.2, -0.15) is 18.4 Å². The number of alkyl halides is 3. The van der Waals surface area contributed by atoms with Gasteiger partial charge in [0, 0.05) is 6.54 Å². The summed E-state index contributed by atoms with van der Waals surface area (Å²) in [5, 5.41) is 16.7. The number of benzene rings is 1. The van der Waals surface area contributed by atoms with Crippen LogP contribution in [0.3, 0.4) is 0 Å². The molecule has 0 unspecified atom stereocenters. The molecule has 1 aliphatic rings. The standard InChI is InChI=1S/C16H22N2.C2HF3O2/c1-14(2)12-18-10-8-16(13-17,9-11-18)15-6-4-3-5-7-15;3-2(4,5)1(6)7/h3-7,14H,8-12H2,1-2H3;(H,6,7). The molecule has 138 valence electrons. The van der Waals surface area contributed by atoms with Crippen LogP contribution in [0.25, 0.3) is 0 Å². The second-order valence-corrected chi connectivity index (χ2v) is 6.56. The highest BCUT2D eigenvalue weighted by Gasteiger charge is 2.38. The number of halogens is 3. The number of hydrogen-bond donors (Lipinski definition) is 1. The molecule has 0 aromatic heterocycles. The number of carboxylic acids is 1. The average molecular weight is 356 g/mol. The summed E-state index contributed by atoms with van der Waals surface area (Å²) < 4.78 is 31.7. The van der Waals surface area contributed by atoms with E-state index in [0.29, 0.717) is 5.92 Å². The summed E-state index contributed by atoms with van der Waals surface area (Å²) in [5.41, 5.74) is 0.936. The van der Waals surface area contributed by atoms with Crippen molar-refractivity contribution in [3.8, 4) is 6.07 Å². The van der Waals surface area contributed by atoms with Crippen molar-refractivity contribution >= 4 is 5.97 Å². The van der Waals surface area contributed by atoms with E-state index in [1.807, 2.05) is 18.2 Å². The minimum Gasteiger partial charge on any atom is -0.475 e. The van der Waals surface area contributed by atoms with Crippen LogP contribution < -0.4 is 0 Å². The fourth-order valence-corrected chi connectivity index (χ4v) is 2.86. The SMILES string of the molecule is CC(C)CN1CCC(C#N)(c2ccccc2)CC1.O=C(O)C(F)(F)F. The molecule has 1 fully saturated rings. The maximum atomic E-state index is 10.6. The second kappa shape index (κ2) is 8.86. The lowest BCUT2D eigenvalue weighted by Crippen LogP contribution is -2.43. The van der Waals surface area contributed by atoms with Crippen LogP contribution in [0.4, 0.5) is 13.2 Å². The third-order valence-electron chi connectivity index (χ3n) is 4.12. The molecule has 2 rings (SSSR count). The van der Waals surface area contributed by atoms with Crippen LogP contribution in [0, 0.1) is 17.2 Å². The molecule has 0 saturated carbocycles. The molecule has 7 heteroatoms. The Bertz CT molecular complexity index is 587. The number of carbonyl (C=O) groups is 1. The number of nitriles is 1. The number of rotatable bonds is 3. The first-order chi connectivity index (χ1) is 11.6. The van der Waals surface area contributed by atoms with Crippen LogP contribution in [0.2, 0.25) is 0 Å². The first-order valence-corrected chi connectivity index (χ1v) is 8.10. The Morgan fingerprint density at radius 3 is 2.12 bits per heavy atom. The van der Waals surface area contributed by atoms with E-state index in [2.05, 4.69) is 36.9 Å². The van der Waals surface area contributed by atoms with Crippen LogP contribution in [0.1, 0.15) is 32.3 Å². The lowest BCUT2D eigenvalue weighted by Gasteiger charge is -2.38. The Kier molecular flexibility index (Phi) is 7.43. The zero-order chi connectivity index (χ0) is 19.1. The van der Waals surface area contributed by atoms with Crippen LogP contribution in [-0.2, 0) is 10.2 Å². The van der Waals surface area contributed by atoms with Crippen molar-refractivity contribution in [2.24, 2.45) is 5.92 Å². The summed E-state index contributed by atoms with van der Waals surface area (Å²) in [6.45, 7) is 7.74. The third kappa shape index (κ3) is 6.39. The molecule has 1 saturated heterocycles. The van der Waals surface area contributed by atoms with Gasteiger partial charge < -0.3 is 10.0 Å².